The predicted molar refractivity (Wildman–Crippen MR) is 67.8 cm³/mol. The number of halogens is 2. The molecule has 1 rings (SSSR count). The Bertz CT molecular complexity index is 387. The van der Waals surface area contributed by atoms with Crippen LogP contribution < -0.4 is 10.0 Å². The number of hydrogen-bond donors (Lipinski definition) is 1. The molecule has 0 saturated heterocycles. The van der Waals surface area contributed by atoms with E-state index in [4.69, 9.17) is 23.4 Å². The maximum absolute atomic E-state index is 11.6. The topological polar surface area (TPSA) is 29.1 Å². The lowest BCUT2D eigenvalue weighted by Crippen LogP contribution is -2.42. The van der Waals surface area contributed by atoms with Crippen molar-refractivity contribution in [3.05, 3.63) is 28.8 Å². The molecule has 0 aromatic heterocycles. The van der Waals surface area contributed by atoms with Crippen LogP contribution >= 0.6 is 23.4 Å². The molecule has 0 aliphatic carbocycles. The monoisotopic (exact) mass is 261 g/mol. The second kappa shape index (κ2) is 4.55. The van der Waals surface area contributed by atoms with Crippen molar-refractivity contribution in [2.45, 2.75) is 19.6 Å². The number of carbonyl (C=O) groups excluding carboxylic acids is 1. The van der Waals surface area contributed by atoms with Crippen LogP contribution in [-0.4, -0.2) is 14.0 Å². The highest BCUT2D eigenvalue weighted by molar-refractivity contribution is 6.89. The maximum atomic E-state index is 11.6. The molecule has 0 saturated carbocycles. The van der Waals surface area contributed by atoms with Gasteiger partial charge in [-0.3, -0.25) is 9.63 Å². The highest BCUT2D eigenvalue weighted by Gasteiger charge is 2.24. The molecule has 0 unspecified atom stereocenters. The van der Waals surface area contributed by atoms with Gasteiger partial charge in [0.15, 0.2) is 0 Å². The minimum atomic E-state index is -1.59. The lowest BCUT2D eigenvalue weighted by atomic mass is 10.2. The molecular weight excluding hydrogens is 249 g/mol. The van der Waals surface area contributed by atoms with Gasteiger partial charge < -0.3 is 0 Å². The van der Waals surface area contributed by atoms with Crippen molar-refractivity contribution in [1.82, 2.24) is 4.84 Å². The Morgan fingerprint density at radius 3 is 2.40 bits per heavy atom. The Morgan fingerprint density at radius 2 is 1.93 bits per heavy atom. The Labute approximate surface area is 101 Å². The van der Waals surface area contributed by atoms with Gasteiger partial charge in [0.05, 0.1) is 18.7 Å². The molecule has 0 bridgehead atoms. The first kappa shape index (κ1) is 12.6. The largest absolute Gasteiger partial charge is 0.268 e. The van der Waals surface area contributed by atoms with Gasteiger partial charge >= 0.3 is 0 Å². The third kappa shape index (κ3) is 2.74. The highest BCUT2D eigenvalue weighted by atomic mass is 35.5. The summed E-state index contributed by atoms with van der Waals surface area (Å²) >= 11 is 11.3. The Kier molecular flexibility index (Phi) is 3.81. The van der Waals surface area contributed by atoms with Crippen LogP contribution in [0.3, 0.4) is 0 Å². The van der Waals surface area contributed by atoms with Crippen LogP contribution in [-0.2, 0) is 0 Å². The quantitative estimate of drug-likeness (QED) is 0.644. The number of nitrogens with one attached hydrogen (secondary N) is 1. The molecule has 0 atom stereocenters. The highest BCUT2D eigenvalue weighted by Crippen LogP contribution is 2.17. The van der Waals surface area contributed by atoms with E-state index in [1.165, 1.54) is 0 Å². The molecule has 1 N–H and O–H groups in total. The van der Waals surface area contributed by atoms with E-state index in [1.54, 1.807) is 6.07 Å². The molecule has 0 radical (unpaired) electrons. The van der Waals surface area contributed by atoms with Crippen LogP contribution in [0.2, 0.25) is 24.7 Å². The van der Waals surface area contributed by atoms with Crippen LogP contribution in [0.15, 0.2) is 18.2 Å². The third-order valence-corrected chi connectivity index (χ3v) is 4.65. The standard InChI is InChI=1S/C10H13Cl2NOSi/c1-15(2,3)8-6-4-5-7(11)9(8)10(14)13-12/h4-6H,1-3H3,(H,13,14). The Hall–Kier alpha value is -0.513. The molecule has 0 aliphatic rings. The van der Waals surface area contributed by atoms with E-state index in [2.05, 4.69) is 24.5 Å². The Balaban J connectivity index is 3.40. The lowest BCUT2D eigenvalue weighted by molar-refractivity contribution is 0.0983. The summed E-state index contributed by atoms with van der Waals surface area (Å²) < 4.78 is 0. The number of hydrogen-bond acceptors (Lipinski definition) is 1. The molecule has 82 valence electrons. The minimum absolute atomic E-state index is 0.334. The van der Waals surface area contributed by atoms with Crippen molar-refractivity contribution in [3.8, 4) is 0 Å². The van der Waals surface area contributed by atoms with Gasteiger partial charge in [0.25, 0.3) is 5.91 Å². The fourth-order valence-corrected chi connectivity index (χ4v) is 3.46. The molecule has 0 fully saturated rings. The van der Waals surface area contributed by atoms with Crippen LogP contribution in [0.5, 0.6) is 0 Å². The van der Waals surface area contributed by atoms with Crippen molar-refractivity contribution in [3.63, 3.8) is 0 Å². The minimum Gasteiger partial charge on any atom is -0.268 e. The summed E-state index contributed by atoms with van der Waals surface area (Å²) in [5.74, 6) is -0.334. The van der Waals surface area contributed by atoms with Gasteiger partial charge in [0.1, 0.15) is 0 Å². The molecule has 2 nitrogen and oxygen atoms in total. The summed E-state index contributed by atoms with van der Waals surface area (Å²) in [6, 6.07) is 5.51. The number of carbonyl (C=O) groups is 1. The van der Waals surface area contributed by atoms with Crippen molar-refractivity contribution in [2.75, 3.05) is 0 Å². The van der Waals surface area contributed by atoms with Crippen molar-refractivity contribution < 1.29 is 4.79 Å². The van der Waals surface area contributed by atoms with E-state index < -0.39 is 8.07 Å². The van der Waals surface area contributed by atoms with E-state index in [9.17, 15) is 4.79 Å². The van der Waals surface area contributed by atoms with Gasteiger partial charge in [-0.05, 0) is 11.3 Å². The second-order valence-corrected chi connectivity index (χ2v) is 9.97. The normalized spacial score (nSPS) is 11.3. The van der Waals surface area contributed by atoms with E-state index >= 15 is 0 Å². The molecule has 5 heteroatoms. The number of benzene rings is 1. The van der Waals surface area contributed by atoms with E-state index in [0.717, 1.165) is 5.19 Å². The van der Waals surface area contributed by atoms with Gasteiger partial charge in [-0.15, -0.1) is 0 Å². The summed E-state index contributed by atoms with van der Waals surface area (Å²) in [5, 5.41) is 1.47. The third-order valence-electron chi connectivity index (χ3n) is 2.13. The predicted octanol–water partition coefficient (Wildman–Crippen LogP) is 2.77. The smallest absolute Gasteiger partial charge is 0.267 e. The van der Waals surface area contributed by atoms with E-state index in [1.807, 2.05) is 12.1 Å². The van der Waals surface area contributed by atoms with Crippen molar-refractivity contribution in [1.29, 1.82) is 0 Å². The molecular formula is C10H13Cl2NOSi. The molecule has 1 aromatic rings. The maximum Gasteiger partial charge on any atom is 0.267 e. The first-order valence-electron chi connectivity index (χ1n) is 4.58. The Morgan fingerprint density at radius 1 is 1.33 bits per heavy atom. The summed E-state index contributed by atoms with van der Waals surface area (Å²) in [6.45, 7) is 6.47. The molecule has 1 amide bonds. The first-order valence-corrected chi connectivity index (χ1v) is 8.83. The zero-order valence-electron chi connectivity index (χ0n) is 8.90. The summed E-state index contributed by atoms with van der Waals surface area (Å²) in [6.07, 6.45) is 0. The fourth-order valence-electron chi connectivity index (χ4n) is 1.43. The van der Waals surface area contributed by atoms with Crippen molar-refractivity contribution in [2.24, 2.45) is 0 Å². The summed E-state index contributed by atoms with van der Waals surface area (Å²) in [7, 11) is -1.59. The van der Waals surface area contributed by atoms with Crippen LogP contribution in [0.1, 0.15) is 10.4 Å². The lowest BCUT2D eigenvalue weighted by Gasteiger charge is -2.20. The molecule has 15 heavy (non-hydrogen) atoms. The average molecular weight is 262 g/mol. The zero-order valence-corrected chi connectivity index (χ0v) is 11.4. The summed E-state index contributed by atoms with van der Waals surface area (Å²) in [4.78, 5) is 13.7. The summed E-state index contributed by atoms with van der Waals surface area (Å²) in [5.41, 5.74) is 0.508. The van der Waals surface area contributed by atoms with Gasteiger partial charge in [0, 0.05) is 11.8 Å². The van der Waals surface area contributed by atoms with Crippen LogP contribution in [0.4, 0.5) is 0 Å². The zero-order chi connectivity index (χ0) is 11.6. The van der Waals surface area contributed by atoms with Gasteiger partial charge in [-0.1, -0.05) is 43.4 Å². The molecule has 0 heterocycles. The first-order chi connectivity index (χ1) is 6.88. The van der Waals surface area contributed by atoms with Gasteiger partial charge in [-0.25, -0.2) is 0 Å². The average Bonchev–Trinajstić information content (AvgIpc) is 2.15. The van der Waals surface area contributed by atoms with Crippen LogP contribution in [0.25, 0.3) is 0 Å². The molecule has 0 spiro atoms. The van der Waals surface area contributed by atoms with Crippen molar-refractivity contribution >= 4 is 42.5 Å². The molecule has 0 aliphatic heterocycles. The van der Waals surface area contributed by atoms with E-state index in [0.29, 0.717) is 10.6 Å². The second-order valence-electron chi connectivity index (χ2n) is 4.34. The fraction of sp³-hybridized carbons (Fsp3) is 0.300. The van der Waals surface area contributed by atoms with E-state index in [-0.39, 0.29) is 5.91 Å². The van der Waals surface area contributed by atoms with Crippen LogP contribution in [0, 0.1) is 0 Å². The van der Waals surface area contributed by atoms with Gasteiger partial charge in [-0.2, -0.15) is 0 Å². The number of rotatable bonds is 2. The SMILES string of the molecule is C[Si](C)(C)c1cccc(Cl)c1C(=O)NCl. The van der Waals surface area contributed by atoms with Gasteiger partial charge in [0.2, 0.25) is 0 Å². The number of amides is 1. The molecule has 1 aromatic carbocycles.